The molecular weight excluding hydrogens is 280 g/mol. The van der Waals surface area contributed by atoms with Crippen LogP contribution in [-0.4, -0.2) is 55.5 Å². The Bertz CT molecular complexity index is 796. The molecule has 1 fully saturated rings. The number of fused-ring (bicyclic) bond motifs is 1. The van der Waals surface area contributed by atoms with Crippen molar-refractivity contribution in [2.45, 2.75) is 6.92 Å². The Hall–Kier alpha value is -2.64. The van der Waals surface area contributed by atoms with E-state index in [4.69, 9.17) is 0 Å². The van der Waals surface area contributed by atoms with Crippen molar-refractivity contribution in [2.75, 3.05) is 36.0 Å². The van der Waals surface area contributed by atoms with Gasteiger partial charge < -0.3 is 9.80 Å². The SMILES string of the molecule is Cc1cc(N2CCN(c3cnn(C)c3)CC2)n2ncnc2n1. The predicted octanol–water partition coefficient (Wildman–Crippen LogP) is 0.493. The molecule has 8 heteroatoms. The number of anilines is 2. The zero-order valence-corrected chi connectivity index (χ0v) is 12.7. The molecule has 0 atom stereocenters. The van der Waals surface area contributed by atoms with Crippen molar-refractivity contribution in [3.63, 3.8) is 0 Å². The van der Waals surface area contributed by atoms with E-state index in [0.29, 0.717) is 5.78 Å². The van der Waals surface area contributed by atoms with Gasteiger partial charge in [0.25, 0.3) is 5.78 Å². The third kappa shape index (κ3) is 2.16. The van der Waals surface area contributed by atoms with Gasteiger partial charge in [0.05, 0.1) is 11.9 Å². The lowest BCUT2D eigenvalue weighted by Gasteiger charge is -2.36. The molecule has 0 N–H and O–H groups in total. The number of nitrogens with zero attached hydrogens (tertiary/aromatic N) is 8. The van der Waals surface area contributed by atoms with Gasteiger partial charge in [-0.3, -0.25) is 4.68 Å². The van der Waals surface area contributed by atoms with E-state index in [0.717, 1.165) is 37.7 Å². The van der Waals surface area contributed by atoms with Crippen molar-refractivity contribution in [3.8, 4) is 0 Å². The van der Waals surface area contributed by atoms with Gasteiger partial charge in [-0.15, -0.1) is 0 Å². The molecule has 8 nitrogen and oxygen atoms in total. The Kier molecular flexibility index (Phi) is 2.95. The molecule has 4 heterocycles. The van der Waals surface area contributed by atoms with Gasteiger partial charge >= 0.3 is 0 Å². The van der Waals surface area contributed by atoms with E-state index in [1.807, 2.05) is 29.4 Å². The summed E-state index contributed by atoms with van der Waals surface area (Å²) in [5.41, 5.74) is 2.14. The summed E-state index contributed by atoms with van der Waals surface area (Å²) in [7, 11) is 1.95. The molecule has 0 radical (unpaired) electrons. The summed E-state index contributed by atoms with van der Waals surface area (Å²) < 4.78 is 3.65. The lowest BCUT2D eigenvalue weighted by atomic mass is 10.3. The second kappa shape index (κ2) is 4.97. The first-order valence-electron chi connectivity index (χ1n) is 7.36. The fraction of sp³-hybridized carbons (Fsp3) is 0.429. The first kappa shape index (κ1) is 13.1. The van der Waals surface area contributed by atoms with E-state index >= 15 is 0 Å². The molecule has 3 aromatic rings. The Morgan fingerprint density at radius 2 is 1.82 bits per heavy atom. The summed E-state index contributed by atoms with van der Waals surface area (Å²) in [5, 5.41) is 8.54. The number of rotatable bonds is 2. The van der Waals surface area contributed by atoms with Crippen LogP contribution < -0.4 is 9.80 Å². The highest BCUT2D eigenvalue weighted by molar-refractivity contribution is 5.50. The molecule has 1 aliphatic heterocycles. The molecule has 0 spiro atoms. The maximum Gasteiger partial charge on any atom is 0.254 e. The average Bonchev–Trinajstić information content (AvgIpc) is 3.15. The number of aryl methyl sites for hydroxylation is 2. The predicted molar refractivity (Wildman–Crippen MR) is 83.2 cm³/mol. The fourth-order valence-electron chi connectivity index (χ4n) is 2.90. The summed E-state index contributed by atoms with van der Waals surface area (Å²) in [6.45, 7) is 5.79. The van der Waals surface area contributed by atoms with Crippen LogP contribution in [0.1, 0.15) is 5.69 Å². The van der Waals surface area contributed by atoms with Crippen LogP contribution in [0, 0.1) is 6.92 Å². The van der Waals surface area contributed by atoms with Crippen molar-refractivity contribution in [2.24, 2.45) is 7.05 Å². The topological polar surface area (TPSA) is 67.4 Å². The molecular formula is C14H18N8. The third-order valence-corrected chi connectivity index (χ3v) is 4.02. The Balaban J connectivity index is 1.56. The highest BCUT2D eigenvalue weighted by Crippen LogP contribution is 2.20. The minimum Gasteiger partial charge on any atom is -0.365 e. The van der Waals surface area contributed by atoms with Crippen LogP contribution in [0.25, 0.3) is 5.78 Å². The van der Waals surface area contributed by atoms with Crippen LogP contribution in [0.5, 0.6) is 0 Å². The number of aromatic nitrogens is 6. The van der Waals surface area contributed by atoms with Crippen molar-refractivity contribution in [3.05, 3.63) is 30.5 Å². The summed E-state index contributed by atoms with van der Waals surface area (Å²) in [6.07, 6.45) is 5.53. The van der Waals surface area contributed by atoms with Crippen LogP contribution in [0.2, 0.25) is 0 Å². The van der Waals surface area contributed by atoms with Gasteiger partial charge in [0.15, 0.2) is 0 Å². The molecule has 114 valence electrons. The zero-order chi connectivity index (χ0) is 15.1. The minimum absolute atomic E-state index is 0.657. The minimum atomic E-state index is 0.657. The maximum atomic E-state index is 4.40. The Labute approximate surface area is 128 Å². The van der Waals surface area contributed by atoms with Crippen molar-refractivity contribution in [1.82, 2.24) is 29.4 Å². The standard InChI is InChI=1S/C14H18N8/c1-11-7-13(22-14(18-11)15-10-17-22)21-5-3-20(4-6-21)12-8-16-19(2)9-12/h7-10H,3-6H2,1-2H3. The van der Waals surface area contributed by atoms with E-state index in [9.17, 15) is 0 Å². The van der Waals surface area contributed by atoms with Gasteiger partial charge in [0.2, 0.25) is 0 Å². The monoisotopic (exact) mass is 298 g/mol. The highest BCUT2D eigenvalue weighted by atomic mass is 15.4. The number of hydrogen-bond donors (Lipinski definition) is 0. The summed E-state index contributed by atoms with van der Waals surface area (Å²) in [4.78, 5) is 13.3. The zero-order valence-electron chi connectivity index (χ0n) is 12.7. The largest absolute Gasteiger partial charge is 0.365 e. The van der Waals surface area contributed by atoms with Crippen LogP contribution in [-0.2, 0) is 7.05 Å². The van der Waals surface area contributed by atoms with E-state index in [1.54, 1.807) is 6.33 Å². The quantitative estimate of drug-likeness (QED) is 0.686. The first-order chi connectivity index (χ1) is 10.7. The second-order valence-electron chi connectivity index (χ2n) is 5.57. The maximum absolute atomic E-state index is 4.40. The van der Waals surface area contributed by atoms with E-state index in [-0.39, 0.29) is 0 Å². The van der Waals surface area contributed by atoms with Gasteiger partial charge in [0, 0.05) is 51.2 Å². The molecule has 3 aromatic heterocycles. The molecule has 4 rings (SSSR count). The highest BCUT2D eigenvalue weighted by Gasteiger charge is 2.21. The van der Waals surface area contributed by atoms with Crippen molar-refractivity contribution in [1.29, 1.82) is 0 Å². The lowest BCUT2D eigenvalue weighted by molar-refractivity contribution is 0.638. The van der Waals surface area contributed by atoms with Crippen LogP contribution >= 0.6 is 0 Å². The molecule has 0 amide bonds. The number of piperazine rings is 1. The van der Waals surface area contributed by atoms with Crippen LogP contribution in [0.15, 0.2) is 24.8 Å². The smallest absolute Gasteiger partial charge is 0.254 e. The third-order valence-electron chi connectivity index (χ3n) is 4.02. The summed E-state index contributed by atoms with van der Waals surface area (Å²) >= 11 is 0. The van der Waals surface area contributed by atoms with Crippen LogP contribution in [0.3, 0.4) is 0 Å². The molecule has 0 aromatic carbocycles. The molecule has 0 aliphatic carbocycles. The van der Waals surface area contributed by atoms with E-state index < -0.39 is 0 Å². The molecule has 0 unspecified atom stereocenters. The molecule has 22 heavy (non-hydrogen) atoms. The van der Waals surface area contributed by atoms with Crippen molar-refractivity contribution < 1.29 is 0 Å². The average molecular weight is 298 g/mol. The van der Waals surface area contributed by atoms with Gasteiger partial charge in [-0.05, 0) is 6.92 Å². The first-order valence-corrected chi connectivity index (χ1v) is 7.36. The summed E-state index contributed by atoms with van der Waals surface area (Å²) in [6, 6.07) is 2.07. The summed E-state index contributed by atoms with van der Waals surface area (Å²) in [5.74, 6) is 1.72. The molecule has 0 saturated carbocycles. The van der Waals surface area contributed by atoms with Gasteiger partial charge in [-0.2, -0.15) is 19.7 Å². The molecule has 0 bridgehead atoms. The van der Waals surface area contributed by atoms with Gasteiger partial charge in [-0.25, -0.2) is 4.98 Å². The van der Waals surface area contributed by atoms with Gasteiger partial charge in [0.1, 0.15) is 12.1 Å². The van der Waals surface area contributed by atoms with Gasteiger partial charge in [-0.1, -0.05) is 0 Å². The van der Waals surface area contributed by atoms with E-state index in [1.165, 1.54) is 5.69 Å². The molecule has 1 aliphatic rings. The number of hydrogen-bond acceptors (Lipinski definition) is 6. The lowest BCUT2D eigenvalue weighted by Crippen LogP contribution is -2.47. The molecule has 1 saturated heterocycles. The fourth-order valence-corrected chi connectivity index (χ4v) is 2.90. The Morgan fingerprint density at radius 1 is 1.05 bits per heavy atom. The van der Waals surface area contributed by atoms with Crippen molar-refractivity contribution >= 4 is 17.3 Å². The Morgan fingerprint density at radius 3 is 2.55 bits per heavy atom. The van der Waals surface area contributed by atoms with Crippen LogP contribution in [0.4, 0.5) is 11.5 Å². The second-order valence-corrected chi connectivity index (χ2v) is 5.57. The van der Waals surface area contributed by atoms with E-state index in [2.05, 4.69) is 42.2 Å². The normalized spacial score (nSPS) is 15.7.